The molecule has 0 fully saturated rings. The zero-order valence-electron chi connectivity index (χ0n) is 8.94. The van der Waals surface area contributed by atoms with Gasteiger partial charge in [-0.05, 0) is 32.4 Å². The van der Waals surface area contributed by atoms with Crippen LogP contribution in [0.3, 0.4) is 0 Å². The smallest absolute Gasteiger partial charge is 0.157 e. The third-order valence-electron chi connectivity index (χ3n) is 2.21. The van der Waals surface area contributed by atoms with Crippen LogP contribution in [-0.2, 0) is 0 Å². The minimum absolute atomic E-state index is 0.0293. The number of nitrogens with zero attached hydrogens (tertiary/aromatic N) is 2. The Morgan fingerprint density at radius 3 is 2.47 bits per heavy atom. The van der Waals surface area contributed by atoms with E-state index in [4.69, 9.17) is 5.73 Å². The van der Waals surface area contributed by atoms with Gasteiger partial charge in [0, 0.05) is 4.88 Å². The van der Waals surface area contributed by atoms with Crippen molar-refractivity contribution < 1.29 is 0 Å². The van der Waals surface area contributed by atoms with E-state index in [0.717, 1.165) is 10.0 Å². The van der Waals surface area contributed by atoms with Crippen LogP contribution < -0.4 is 5.73 Å². The van der Waals surface area contributed by atoms with Crippen molar-refractivity contribution in [2.24, 2.45) is 5.73 Å². The number of nitrogens with two attached hydrogens (primary N) is 1. The number of rotatable bonds is 2. The van der Waals surface area contributed by atoms with E-state index >= 15 is 0 Å². The zero-order chi connectivity index (χ0) is 11.0. The highest BCUT2D eigenvalue weighted by Crippen LogP contribution is 2.33. The maximum Gasteiger partial charge on any atom is 0.157 e. The summed E-state index contributed by atoms with van der Waals surface area (Å²) in [7, 11) is 0. The second kappa shape index (κ2) is 4.00. The van der Waals surface area contributed by atoms with E-state index in [0.29, 0.717) is 0 Å². The first-order valence-electron chi connectivity index (χ1n) is 4.74. The van der Waals surface area contributed by atoms with Crippen molar-refractivity contribution in [3.63, 3.8) is 0 Å². The Bertz CT molecular complexity index is 451. The van der Waals surface area contributed by atoms with Crippen molar-refractivity contribution in [3.8, 4) is 9.88 Å². The lowest BCUT2D eigenvalue weighted by Crippen LogP contribution is -2.03. The first kappa shape index (κ1) is 10.7. The van der Waals surface area contributed by atoms with Gasteiger partial charge in [-0.3, -0.25) is 0 Å². The SMILES string of the molecule is Cc1cc(-c2nnc(C(C)N)s2)sc1C. The van der Waals surface area contributed by atoms with Gasteiger partial charge in [-0.15, -0.1) is 21.5 Å². The van der Waals surface area contributed by atoms with Crippen LogP contribution in [0.1, 0.15) is 28.4 Å². The van der Waals surface area contributed by atoms with Gasteiger partial charge >= 0.3 is 0 Å². The topological polar surface area (TPSA) is 51.8 Å². The fourth-order valence-corrected chi connectivity index (χ4v) is 3.07. The average molecular weight is 239 g/mol. The van der Waals surface area contributed by atoms with E-state index in [1.807, 2.05) is 6.92 Å². The third kappa shape index (κ3) is 2.09. The lowest BCUT2D eigenvalue weighted by molar-refractivity contribution is 0.786. The Morgan fingerprint density at radius 2 is 2.00 bits per heavy atom. The predicted octanol–water partition coefficient (Wildman–Crippen LogP) is 2.90. The van der Waals surface area contributed by atoms with Gasteiger partial charge < -0.3 is 5.73 Å². The van der Waals surface area contributed by atoms with Crippen LogP contribution in [-0.4, -0.2) is 10.2 Å². The van der Waals surface area contributed by atoms with Gasteiger partial charge in [-0.1, -0.05) is 11.3 Å². The summed E-state index contributed by atoms with van der Waals surface area (Å²) in [6.45, 7) is 6.16. The van der Waals surface area contributed by atoms with Crippen LogP contribution in [0, 0.1) is 13.8 Å². The second-order valence-electron chi connectivity index (χ2n) is 3.58. The number of aryl methyl sites for hydroxylation is 2. The molecule has 5 heteroatoms. The molecular weight excluding hydrogens is 226 g/mol. The van der Waals surface area contributed by atoms with Crippen LogP contribution in [0.25, 0.3) is 9.88 Å². The van der Waals surface area contributed by atoms with Crippen LogP contribution >= 0.6 is 22.7 Å². The van der Waals surface area contributed by atoms with Gasteiger partial charge in [0.25, 0.3) is 0 Å². The molecule has 2 aromatic heterocycles. The van der Waals surface area contributed by atoms with E-state index in [2.05, 4.69) is 30.1 Å². The summed E-state index contributed by atoms with van der Waals surface area (Å²) >= 11 is 3.34. The molecule has 0 aromatic carbocycles. The van der Waals surface area contributed by atoms with E-state index in [1.54, 1.807) is 22.7 Å². The maximum absolute atomic E-state index is 5.75. The fraction of sp³-hybridized carbons (Fsp3) is 0.400. The van der Waals surface area contributed by atoms with Gasteiger partial charge in [0.05, 0.1) is 10.9 Å². The number of thiophene rings is 1. The van der Waals surface area contributed by atoms with Gasteiger partial charge in [0.1, 0.15) is 5.01 Å². The Labute approximate surface area is 97.0 Å². The second-order valence-corrected chi connectivity index (χ2v) is 5.85. The zero-order valence-corrected chi connectivity index (χ0v) is 10.6. The molecule has 2 aromatic rings. The van der Waals surface area contributed by atoms with Gasteiger partial charge in [-0.2, -0.15) is 0 Å². The highest BCUT2D eigenvalue weighted by molar-refractivity contribution is 7.21. The van der Waals surface area contributed by atoms with E-state index < -0.39 is 0 Å². The quantitative estimate of drug-likeness (QED) is 0.876. The highest BCUT2D eigenvalue weighted by Gasteiger charge is 2.12. The Balaban J connectivity index is 2.37. The summed E-state index contributed by atoms with van der Waals surface area (Å²) in [4.78, 5) is 2.52. The monoisotopic (exact) mass is 239 g/mol. The van der Waals surface area contributed by atoms with Crippen LogP contribution in [0.5, 0.6) is 0 Å². The first-order valence-corrected chi connectivity index (χ1v) is 6.37. The molecule has 0 saturated heterocycles. The van der Waals surface area contributed by atoms with E-state index in [1.165, 1.54) is 15.3 Å². The molecule has 1 unspecified atom stereocenters. The minimum atomic E-state index is -0.0293. The predicted molar refractivity (Wildman–Crippen MR) is 65.3 cm³/mol. The Kier molecular flexibility index (Phi) is 2.86. The van der Waals surface area contributed by atoms with Crippen molar-refractivity contribution in [2.75, 3.05) is 0 Å². The third-order valence-corrected chi connectivity index (χ3v) is 4.65. The van der Waals surface area contributed by atoms with Crippen molar-refractivity contribution in [2.45, 2.75) is 26.8 Å². The molecule has 0 aliphatic carbocycles. The highest BCUT2D eigenvalue weighted by atomic mass is 32.1. The van der Waals surface area contributed by atoms with Gasteiger partial charge in [0.15, 0.2) is 5.01 Å². The van der Waals surface area contributed by atoms with Crippen LogP contribution in [0.15, 0.2) is 6.07 Å². The molecule has 80 valence electrons. The molecule has 15 heavy (non-hydrogen) atoms. The maximum atomic E-state index is 5.75. The summed E-state index contributed by atoms with van der Waals surface area (Å²) in [5, 5.41) is 10.1. The molecule has 3 nitrogen and oxygen atoms in total. The fourth-order valence-electron chi connectivity index (χ4n) is 1.20. The molecule has 0 amide bonds. The molecule has 0 aliphatic heterocycles. The molecule has 0 bridgehead atoms. The number of hydrogen-bond acceptors (Lipinski definition) is 5. The van der Waals surface area contributed by atoms with E-state index in [-0.39, 0.29) is 6.04 Å². The van der Waals surface area contributed by atoms with Crippen molar-refractivity contribution >= 4 is 22.7 Å². The van der Waals surface area contributed by atoms with E-state index in [9.17, 15) is 0 Å². The summed E-state index contributed by atoms with van der Waals surface area (Å²) in [6, 6.07) is 2.13. The molecule has 1 atom stereocenters. The Morgan fingerprint density at radius 1 is 1.27 bits per heavy atom. The van der Waals surface area contributed by atoms with Crippen LogP contribution in [0.2, 0.25) is 0 Å². The molecule has 2 rings (SSSR count). The molecular formula is C10H13N3S2. The molecule has 0 radical (unpaired) electrons. The number of aromatic nitrogens is 2. The summed E-state index contributed by atoms with van der Waals surface area (Å²) in [5.41, 5.74) is 7.06. The summed E-state index contributed by atoms with van der Waals surface area (Å²) in [5.74, 6) is 0. The number of hydrogen-bond donors (Lipinski definition) is 1. The molecule has 2 N–H and O–H groups in total. The lowest BCUT2D eigenvalue weighted by atomic mass is 10.3. The largest absolute Gasteiger partial charge is 0.322 e. The molecule has 2 heterocycles. The first-order chi connectivity index (χ1) is 7.08. The van der Waals surface area contributed by atoms with Crippen molar-refractivity contribution in [3.05, 3.63) is 21.5 Å². The lowest BCUT2D eigenvalue weighted by Gasteiger charge is -1.94. The molecule has 0 spiro atoms. The summed E-state index contributed by atoms with van der Waals surface area (Å²) < 4.78 is 0. The molecule has 0 aliphatic rings. The summed E-state index contributed by atoms with van der Waals surface area (Å²) in [6.07, 6.45) is 0. The van der Waals surface area contributed by atoms with Crippen molar-refractivity contribution in [1.29, 1.82) is 0 Å². The van der Waals surface area contributed by atoms with Crippen molar-refractivity contribution in [1.82, 2.24) is 10.2 Å². The van der Waals surface area contributed by atoms with Gasteiger partial charge in [-0.25, -0.2) is 0 Å². The Hall–Kier alpha value is -0.780. The minimum Gasteiger partial charge on any atom is -0.322 e. The normalized spacial score (nSPS) is 13.1. The van der Waals surface area contributed by atoms with Gasteiger partial charge in [0.2, 0.25) is 0 Å². The average Bonchev–Trinajstić information content (AvgIpc) is 2.74. The standard InChI is InChI=1S/C10H13N3S2/c1-5-4-8(14-7(5)3)10-13-12-9(15-10)6(2)11/h4,6H,11H2,1-3H3. The van der Waals surface area contributed by atoms with Crippen LogP contribution in [0.4, 0.5) is 0 Å². The molecule has 0 saturated carbocycles.